The zero-order chi connectivity index (χ0) is 15.3. The van der Waals surface area contributed by atoms with Gasteiger partial charge in [-0.05, 0) is 37.1 Å². The fraction of sp³-hybridized carbons (Fsp3) is 0.188. The van der Waals surface area contributed by atoms with Gasteiger partial charge in [0.15, 0.2) is 5.69 Å². The van der Waals surface area contributed by atoms with Gasteiger partial charge in [0.2, 0.25) is 5.91 Å². The van der Waals surface area contributed by atoms with Crippen LogP contribution in [0, 0.1) is 5.92 Å². The summed E-state index contributed by atoms with van der Waals surface area (Å²) in [5, 5.41) is 4.71. The Bertz CT molecular complexity index is 924. The lowest BCUT2D eigenvalue weighted by molar-refractivity contribution is -0.117. The van der Waals surface area contributed by atoms with Crippen LogP contribution in [-0.4, -0.2) is 21.8 Å². The number of aromatic nitrogens is 2. The fourth-order valence-corrected chi connectivity index (χ4v) is 2.68. The number of anilines is 1. The molecule has 1 aliphatic rings. The summed E-state index contributed by atoms with van der Waals surface area (Å²) in [5.41, 5.74) is 7.82. The molecule has 1 fully saturated rings. The largest absolute Gasteiger partial charge is 0.364 e. The molecular formula is C16H14N4O2. The molecule has 110 valence electrons. The molecule has 2 amide bonds. The molecular weight excluding hydrogens is 280 g/mol. The van der Waals surface area contributed by atoms with Crippen molar-refractivity contribution in [2.75, 3.05) is 5.32 Å². The minimum Gasteiger partial charge on any atom is -0.364 e. The zero-order valence-corrected chi connectivity index (χ0v) is 11.7. The molecule has 0 bridgehead atoms. The van der Waals surface area contributed by atoms with Crippen LogP contribution in [-0.2, 0) is 4.79 Å². The Morgan fingerprint density at radius 3 is 2.77 bits per heavy atom. The van der Waals surface area contributed by atoms with E-state index < -0.39 is 5.91 Å². The quantitative estimate of drug-likeness (QED) is 0.690. The standard InChI is InChI=1S/C16H14N4O2/c17-15(21)14-13-10(5-6-18-14)11-7-9(3-4-12(11)20-13)19-16(22)8-1-2-8/h3-8,20H,1-2H2,(H2,17,21)(H,19,22). The van der Waals surface area contributed by atoms with E-state index in [-0.39, 0.29) is 17.5 Å². The maximum atomic E-state index is 11.9. The number of aromatic amines is 1. The highest BCUT2D eigenvalue weighted by Crippen LogP contribution is 2.32. The number of rotatable bonds is 3. The summed E-state index contributed by atoms with van der Waals surface area (Å²) in [7, 11) is 0. The Balaban J connectivity index is 1.84. The Morgan fingerprint density at radius 1 is 1.23 bits per heavy atom. The Morgan fingerprint density at radius 2 is 2.05 bits per heavy atom. The first-order valence-corrected chi connectivity index (χ1v) is 7.14. The number of nitrogens with two attached hydrogens (primary N) is 1. The number of nitrogens with zero attached hydrogens (tertiary/aromatic N) is 1. The molecule has 3 aromatic rings. The van der Waals surface area contributed by atoms with E-state index in [9.17, 15) is 9.59 Å². The molecule has 22 heavy (non-hydrogen) atoms. The molecule has 2 heterocycles. The number of amides is 2. The first-order chi connectivity index (χ1) is 10.6. The molecule has 0 radical (unpaired) electrons. The fourth-order valence-electron chi connectivity index (χ4n) is 2.68. The van der Waals surface area contributed by atoms with Gasteiger partial charge in [0.05, 0.1) is 5.52 Å². The number of H-pyrrole nitrogens is 1. The maximum Gasteiger partial charge on any atom is 0.269 e. The summed E-state index contributed by atoms with van der Waals surface area (Å²) in [5.74, 6) is -0.345. The van der Waals surface area contributed by atoms with E-state index in [1.807, 2.05) is 24.3 Å². The van der Waals surface area contributed by atoms with Gasteiger partial charge in [0, 0.05) is 34.1 Å². The van der Waals surface area contributed by atoms with Crippen LogP contribution in [0.5, 0.6) is 0 Å². The summed E-state index contributed by atoms with van der Waals surface area (Å²) in [6.45, 7) is 0. The van der Waals surface area contributed by atoms with Gasteiger partial charge in [0.1, 0.15) is 0 Å². The van der Waals surface area contributed by atoms with Gasteiger partial charge < -0.3 is 16.0 Å². The Hall–Kier alpha value is -2.89. The molecule has 2 aromatic heterocycles. The maximum absolute atomic E-state index is 11.9. The van der Waals surface area contributed by atoms with Crippen LogP contribution in [0.15, 0.2) is 30.5 Å². The van der Waals surface area contributed by atoms with Crippen LogP contribution in [0.3, 0.4) is 0 Å². The molecule has 0 atom stereocenters. The molecule has 6 nitrogen and oxygen atoms in total. The van der Waals surface area contributed by atoms with Crippen LogP contribution < -0.4 is 11.1 Å². The third kappa shape index (κ3) is 2.00. The molecule has 6 heteroatoms. The number of fused-ring (bicyclic) bond motifs is 3. The SMILES string of the molecule is NC(=O)c1nccc2c1[nH]c1ccc(NC(=O)C3CC3)cc12. The van der Waals surface area contributed by atoms with E-state index >= 15 is 0 Å². The minimum atomic E-state index is -0.570. The van der Waals surface area contributed by atoms with E-state index in [1.165, 1.54) is 0 Å². The lowest BCUT2D eigenvalue weighted by Gasteiger charge is -2.04. The lowest BCUT2D eigenvalue weighted by Crippen LogP contribution is -2.13. The highest BCUT2D eigenvalue weighted by Gasteiger charge is 2.29. The third-order valence-electron chi connectivity index (χ3n) is 3.97. The number of pyridine rings is 1. The molecule has 0 unspecified atom stereocenters. The number of hydrogen-bond acceptors (Lipinski definition) is 3. The van der Waals surface area contributed by atoms with Crippen molar-refractivity contribution in [1.82, 2.24) is 9.97 Å². The second-order valence-electron chi connectivity index (χ2n) is 5.60. The van der Waals surface area contributed by atoms with Crippen molar-refractivity contribution in [3.8, 4) is 0 Å². The summed E-state index contributed by atoms with van der Waals surface area (Å²) in [6, 6.07) is 7.45. The van der Waals surface area contributed by atoms with Crippen LogP contribution in [0.25, 0.3) is 21.8 Å². The number of carbonyl (C=O) groups is 2. The summed E-state index contributed by atoms with van der Waals surface area (Å²) in [4.78, 5) is 30.5. The summed E-state index contributed by atoms with van der Waals surface area (Å²) in [6.07, 6.45) is 3.49. The van der Waals surface area contributed by atoms with Gasteiger partial charge >= 0.3 is 0 Å². The lowest BCUT2D eigenvalue weighted by atomic mass is 10.1. The third-order valence-corrected chi connectivity index (χ3v) is 3.97. The highest BCUT2D eigenvalue weighted by molar-refractivity contribution is 6.14. The van der Waals surface area contributed by atoms with Gasteiger partial charge in [-0.1, -0.05) is 0 Å². The molecule has 1 saturated carbocycles. The van der Waals surface area contributed by atoms with Crippen molar-refractivity contribution < 1.29 is 9.59 Å². The smallest absolute Gasteiger partial charge is 0.269 e. The Kier molecular flexibility index (Phi) is 2.66. The van der Waals surface area contributed by atoms with E-state index in [0.29, 0.717) is 5.52 Å². The topological polar surface area (TPSA) is 101 Å². The van der Waals surface area contributed by atoms with E-state index in [4.69, 9.17) is 5.73 Å². The van der Waals surface area contributed by atoms with Crippen molar-refractivity contribution in [1.29, 1.82) is 0 Å². The zero-order valence-electron chi connectivity index (χ0n) is 11.7. The van der Waals surface area contributed by atoms with Gasteiger partial charge in [-0.2, -0.15) is 0 Å². The van der Waals surface area contributed by atoms with Crippen LogP contribution in [0.2, 0.25) is 0 Å². The summed E-state index contributed by atoms with van der Waals surface area (Å²) < 4.78 is 0. The number of carbonyl (C=O) groups excluding carboxylic acids is 2. The van der Waals surface area contributed by atoms with Crippen LogP contribution >= 0.6 is 0 Å². The predicted molar refractivity (Wildman–Crippen MR) is 83.5 cm³/mol. The molecule has 4 N–H and O–H groups in total. The monoisotopic (exact) mass is 294 g/mol. The molecule has 1 aromatic carbocycles. The average molecular weight is 294 g/mol. The van der Waals surface area contributed by atoms with Gasteiger partial charge in [-0.3, -0.25) is 9.59 Å². The highest BCUT2D eigenvalue weighted by atomic mass is 16.2. The van der Waals surface area contributed by atoms with Crippen LogP contribution in [0.4, 0.5) is 5.69 Å². The van der Waals surface area contributed by atoms with Crippen molar-refractivity contribution >= 4 is 39.3 Å². The van der Waals surface area contributed by atoms with E-state index in [2.05, 4.69) is 15.3 Å². The van der Waals surface area contributed by atoms with Gasteiger partial charge in [0.25, 0.3) is 5.91 Å². The number of primary amides is 1. The van der Waals surface area contributed by atoms with Crippen molar-refractivity contribution in [2.45, 2.75) is 12.8 Å². The average Bonchev–Trinajstić information content (AvgIpc) is 3.28. The first kappa shape index (κ1) is 12.8. The van der Waals surface area contributed by atoms with Crippen molar-refractivity contribution in [3.05, 3.63) is 36.2 Å². The molecule has 0 saturated heterocycles. The molecule has 4 rings (SSSR count). The molecule has 0 aliphatic heterocycles. The van der Waals surface area contributed by atoms with E-state index in [1.54, 1.807) is 6.20 Å². The van der Waals surface area contributed by atoms with Crippen molar-refractivity contribution in [3.63, 3.8) is 0 Å². The first-order valence-electron chi connectivity index (χ1n) is 7.14. The second kappa shape index (κ2) is 4.56. The van der Waals surface area contributed by atoms with E-state index in [0.717, 1.165) is 34.8 Å². The summed E-state index contributed by atoms with van der Waals surface area (Å²) >= 11 is 0. The molecule has 0 spiro atoms. The second-order valence-corrected chi connectivity index (χ2v) is 5.60. The van der Waals surface area contributed by atoms with Crippen LogP contribution in [0.1, 0.15) is 23.3 Å². The van der Waals surface area contributed by atoms with Gasteiger partial charge in [-0.25, -0.2) is 4.98 Å². The number of benzene rings is 1. The molecule has 1 aliphatic carbocycles. The normalized spacial score (nSPS) is 14.4. The Labute approximate surface area is 125 Å². The minimum absolute atomic E-state index is 0.0682. The van der Waals surface area contributed by atoms with Gasteiger partial charge in [-0.15, -0.1) is 0 Å². The van der Waals surface area contributed by atoms with Crippen molar-refractivity contribution in [2.24, 2.45) is 11.7 Å². The number of nitrogens with one attached hydrogen (secondary N) is 2. The number of hydrogen-bond donors (Lipinski definition) is 3. The predicted octanol–water partition coefficient (Wildman–Crippen LogP) is 2.16.